The van der Waals surface area contributed by atoms with Gasteiger partial charge in [-0.1, -0.05) is 48.5 Å². The lowest BCUT2D eigenvalue weighted by atomic mass is 9.88. The first kappa shape index (κ1) is 15.7. The molecule has 0 spiro atoms. The summed E-state index contributed by atoms with van der Waals surface area (Å²) < 4.78 is 14.3. The highest BCUT2D eigenvalue weighted by Crippen LogP contribution is 2.30. The molecule has 0 bridgehead atoms. The third kappa shape index (κ3) is 3.77. The molecule has 0 aromatic heterocycles. The van der Waals surface area contributed by atoms with Crippen LogP contribution in [0.5, 0.6) is 0 Å². The number of nitrogens with zero attached hydrogens (tertiary/aromatic N) is 1. The van der Waals surface area contributed by atoms with Crippen molar-refractivity contribution in [3.05, 3.63) is 71.5 Å². The number of hydrogen-bond donors (Lipinski definition) is 0. The van der Waals surface area contributed by atoms with Crippen LogP contribution in [-0.2, 0) is 9.63 Å². The molecule has 1 atom stereocenters. The van der Waals surface area contributed by atoms with Crippen LogP contribution in [0.1, 0.15) is 36.3 Å². The van der Waals surface area contributed by atoms with Gasteiger partial charge in [0.05, 0.1) is 6.61 Å². The van der Waals surface area contributed by atoms with E-state index < -0.39 is 0 Å². The molecule has 120 valence electrons. The maximum atomic E-state index is 14.3. The molecule has 0 aliphatic carbocycles. The van der Waals surface area contributed by atoms with Gasteiger partial charge in [0.1, 0.15) is 5.82 Å². The Balaban J connectivity index is 1.87. The molecule has 3 rings (SSSR count). The van der Waals surface area contributed by atoms with Crippen molar-refractivity contribution in [3.8, 4) is 0 Å². The average Bonchev–Trinajstić information content (AvgIpc) is 2.62. The molecule has 1 saturated heterocycles. The molecule has 23 heavy (non-hydrogen) atoms. The van der Waals surface area contributed by atoms with Gasteiger partial charge in [-0.2, -0.15) is 0 Å². The number of carbonyl (C=O) groups is 1. The Hall–Kier alpha value is -2.20. The number of halogens is 1. The highest BCUT2D eigenvalue weighted by Gasteiger charge is 2.25. The summed E-state index contributed by atoms with van der Waals surface area (Å²) in [6.07, 6.45) is 2.12. The van der Waals surface area contributed by atoms with Crippen LogP contribution < -0.4 is 0 Å². The molecule has 1 aliphatic rings. The van der Waals surface area contributed by atoms with E-state index in [0.717, 1.165) is 18.4 Å². The normalized spacial score (nSPS) is 16.1. The Labute approximate surface area is 135 Å². The lowest BCUT2D eigenvalue weighted by Gasteiger charge is -2.28. The van der Waals surface area contributed by atoms with E-state index in [4.69, 9.17) is 4.84 Å². The van der Waals surface area contributed by atoms with Gasteiger partial charge < -0.3 is 0 Å². The number of hydroxylamine groups is 2. The van der Waals surface area contributed by atoms with E-state index in [1.165, 1.54) is 11.1 Å². The molecular weight excluding hydrogens is 293 g/mol. The second-order valence-corrected chi connectivity index (χ2v) is 5.73. The summed E-state index contributed by atoms with van der Waals surface area (Å²) in [5, 5.41) is 1.43. The third-order valence-corrected chi connectivity index (χ3v) is 4.14. The standard InChI is InChI=1S/C19H20FNO2/c20-18-11-5-4-10-16(18)17(15-8-2-1-3-9-15)14-19(22)21-12-6-7-13-23-21/h1-5,8-11,17H,6-7,12-14H2/t17-/m1/s1. The van der Waals surface area contributed by atoms with Crippen LogP contribution >= 0.6 is 0 Å². The Kier molecular flexibility index (Phi) is 5.03. The number of amides is 1. The van der Waals surface area contributed by atoms with Gasteiger partial charge in [-0.3, -0.25) is 9.63 Å². The zero-order valence-electron chi connectivity index (χ0n) is 13.0. The Morgan fingerprint density at radius 3 is 2.52 bits per heavy atom. The molecule has 2 aromatic rings. The fourth-order valence-corrected chi connectivity index (χ4v) is 2.92. The zero-order chi connectivity index (χ0) is 16.1. The predicted molar refractivity (Wildman–Crippen MR) is 86.2 cm³/mol. The fourth-order valence-electron chi connectivity index (χ4n) is 2.92. The summed E-state index contributed by atoms with van der Waals surface area (Å²) in [5.74, 6) is -0.689. The molecule has 0 radical (unpaired) electrons. The second-order valence-electron chi connectivity index (χ2n) is 5.73. The van der Waals surface area contributed by atoms with Crippen molar-refractivity contribution in [1.29, 1.82) is 0 Å². The van der Waals surface area contributed by atoms with Crippen LogP contribution in [0.4, 0.5) is 4.39 Å². The summed E-state index contributed by atoms with van der Waals surface area (Å²) in [7, 11) is 0. The van der Waals surface area contributed by atoms with Gasteiger partial charge in [0.15, 0.2) is 0 Å². The second kappa shape index (κ2) is 7.38. The van der Waals surface area contributed by atoms with E-state index in [0.29, 0.717) is 18.7 Å². The van der Waals surface area contributed by atoms with Crippen LogP contribution in [0.15, 0.2) is 54.6 Å². The van der Waals surface area contributed by atoms with Crippen molar-refractivity contribution in [2.75, 3.05) is 13.2 Å². The maximum absolute atomic E-state index is 14.3. The Bertz CT molecular complexity index is 653. The van der Waals surface area contributed by atoms with E-state index in [9.17, 15) is 9.18 Å². The lowest BCUT2D eigenvalue weighted by Crippen LogP contribution is -2.36. The molecule has 1 fully saturated rings. The van der Waals surface area contributed by atoms with Gasteiger partial charge in [-0.05, 0) is 30.0 Å². The first-order valence-electron chi connectivity index (χ1n) is 7.98. The molecule has 0 saturated carbocycles. The smallest absolute Gasteiger partial charge is 0.247 e. The van der Waals surface area contributed by atoms with Crippen molar-refractivity contribution in [1.82, 2.24) is 5.06 Å². The van der Waals surface area contributed by atoms with E-state index >= 15 is 0 Å². The van der Waals surface area contributed by atoms with Crippen molar-refractivity contribution in [3.63, 3.8) is 0 Å². The van der Waals surface area contributed by atoms with E-state index in [2.05, 4.69) is 0 Å². The molecule has 2 aromatic carbocycles. The molecule has 1 aliphatic heterocycles. The topological polar surface area (TPSA) is 29.5 Å². The molecule has 0 N–H and O–H groups in total. The number of rotatable bonds is 4. The van der Waals surface area contributed by atoms with E-state index in [1.807, 2.05) is 30.3 Å². The molecule has 4 heteroatoms. The Morgan fingerprint density at radius 1 is 1.09 bits per heavy atom. The quantitative estimate of drug-likeness (QED) is 0.856. The van der Waals surface area contributed by atoms with Gasteiger partial charge in [0.25, 0.3) is 0 Å². The van der Waals surface area contributed by atoms with Gasteiger partial charge >= 0.3 is 0 Å². The highest BCUT2D eigenvalue weighted by atomic mass is 19.1. The Morgan fingerprint density at radius 2 is 1.83 bits per heavy atom. The van der Waals surface area contributed by atoms with Gasteiger partial charge in [-0.15, -0.1) is 0 Å². The monoisotopic (exact) mass is 313 g/mol. The molecular formula is C19H20FNO2. The highest BCUT2D eigenvalue weighted by molar-refractivity contribution is 5.76. The minimum atomic E-state index is -0.310. The molecule has 1 heterocycles. The zero-order valence-corrected chi connectivity index (χ0v) is 13.0. The predicted octanol–water partition coefficient (Wildman–Crippen LogP) is 3.90. The first-order chi connectivity index (χ1) is 11.3. The summed E-state index contributed by atoms with van der Waals surface area (Å²) in [5.41, 5.74) is 1.48. The van der Waals surface area contributed by atoms with Crippen LogP contribution in [-0.4, -0.2) is 24.1 Å². The van der Waals surface area contributed by atoms with Gasteiger partial charge in [-0.25, -0.2) is 9.45 Å². The number of hydrogen-bond acceptors (Lipinski definition) is 2. The fraction of sp³-hybridized carbons (Fsp3) is 0.316. The lowest BCUT2D eigenvalue weighted by molar-refractivity contribution is -0.197. The number of carbonyl (C=O) groups excluding carboxylic acids is 1. The van der Waals surface area contributed by atoms with Gasteiger partial charge in [0.2, 0.25) is 5.91 Å². The molecule has 3 nitrogen and oxygen atoms in total. The van der Waals surface area contributed by atoms with Crippen molar-refractivity contribution in [2.24, 2.45) is 0 Å². The van der Waals surface area contributed by atoms with Crippen molar-refractivity contribution < 1.29 is 14.0 Å². The van der Waals surface area contributed by atoms with E-state index in [1.54, 1.807) is 18.2 Å². The minimum Gasteiger partial charge on any atom is -0.273 e. The van der Waals surface area contributed by atoms with Crippen LogP contribution in [0.2, 0.25) is 0 Å². The summed E-state index contributed by atoms with van der Waals surface area (Å²) in [4.78, 5) is 18.0. The SMILES string of the molecule is O=C(C[C@H](c1ccccc1)c1ccccc1F)N1CCCCO1. The molecule has 1 amide bonds. The largest absolute Gasteiger partial charge is 0.273 e. The maximum Gasteiger partial charge on any atom is 0.247 e. The van der Waals surface area contributed by atoms with Crippen LogP contribution in [0.3, 0.4) is 0 Å². The minimum absolute atomic E-state index is 0.0955. The number of benzene rings is 2. The first-order valence-corrected chi connectivity index (χ1v) is 7.98. The molecule has 0 unspecified atom stereocenters. The van der Waals surface area contributed by atoms with E-state index in [-0.39, 0.29) is 24.1 Å². The van der Waals surface area contributed by atoms with Crippen molar-refractivity contribution >= 4 is 5.91 Å². The van der Waals surface area contributed by atoms with Gasteiger partial charge in [0, 0.05) is 18.9 Å². The summed E-state index contributed by atoms with van der Waals surface area (Å²) in [6.45, 7) is 1.18. The van der Waals surface area contributed by atoms with Crippen molar-refractivity contribution in [2.45, 2.75) is 25.2 Å². The third-order valence-electron chi connectivity index (χ3n) is 4.14. The average molecular weight is 313 g/mol. The van der Waals surface area contributed by atoms with Crippen LogP contribution in [0, 0.1) is 5.82 Å². The summed E-state index contributed by atoms with van der Waals surface area (Å²) >= 11 is 0. The summed E-state index contributed by atoms with van der Waals surface area (Å²) in [6, 6.07) is 16.2. The van der Waals surface area contributed by atoms with Crippen LogP contribution in [0.25, 0.3) is 0 Å².